The molecule has 1 aliphatic rings. The Labute approximate surface area is 161 Å². The highest BCUT2D eigenvalue weighted by Crippen LogP contribution is 2.28. The number of benzene rings is 3. The van der Waals surface area contributed by atoms with E-state index >= 15 is 0 Å². The van der Waals surface area contributed by atoms with Crippen LogP contribution in [0.25, 0.3) is 10.8 Å². The number of nitrogens with one attached hydrogen (secondary N) is 1. The molecule has 3 aromatic rings. The predicted molar refractivity (Wildman–Crippen MR) is 110 cm³/mol. The van der Waals surface area contributed by atoms with Crippen molar-refractivity contribution in [1.29, 1.82) is 0 Å². The maximum atomic E-state index is 13.2. The van der Waals surface area contributed by atoms with Crippen molar-refractivity contribution < 1.29 is 4.79 Å². The van der Waals surface area contributed by atoms with Gasteiger partial charge in [-0.25, -0.2) is 0 Å². The van der Waals surface area contributed by atoms with E-state index < -0.39 is 0 Å². The molecule has 4 rings (SSSR count). The van der Waals surface area contributed by atoms with E-state index in [1.54, 1.807) is 0 Å². The molecule has 3 heteroatoms. The SMILES string of the molecule is CC(NC(C(=O)N1CCCC1)c1ccccc1)c1cccc2ccccc12. The first kappa shape index (κ1) is 17.7. The number of carbonyl (C=O) groups is 1. The van der Waals surface area contributed by atoms with Crippen LogP contribution in [-0.2, 0) is 4.79 Å². The van der Waals surface area contributed by atoms with Gasteiger partial charge in [0.1, 0.15) is 6.04 Å². The Morgan fingerprint density at radius 3 is 2.33 bits per heavy atom. The van der Waals surface area contributed by atoms with Gasteiger partial charge in [0.25, 0.3) is 0 Å². The molecular formula is C24H26N2O. The molecule has 1 fully saturated rings. The Kier molecular flexibility index (Phi) is 5.21. The normalized spacial score (nSPS) is 16.4. The van der Waals surface area contributed by atoms with Crippen LogP contribution < -0.4 is 5.32 Å². The van der Waals surface area contributed by atoms with Gasteiger partial charge < -0.3 is 4.90 Å². The minimum atomic E-state index is -0.321. The lowest BCUT2D eigenvalue weighted by molar-refractivity contribution is -0.132. The summed E-state index contributed by atoms with van der Waals surface area (Å²) in [4.78, 5) is 15.2. The highest BCUT2D eigenvalue weighted by molar-refractivity contribution is 5.86. The summed E-state index contributed by atoms with van der Waals surface area (Å²) in [6.07, 6.45) is 2.21. The number of likely N-dealkylation sites (tertiary alicyclic amines) is 1. The zero-order valence-corrected chi connectivity index (χ0v) is 15.8. The van der Waals surface area contributed by atoms with Crippen LogP contribution in [0.5, 0.6) is 0 Å². The van der Waals surface area contributed by atoms with Crippen molar-refractivity contribution in [1.82, 2.24) is 10.2 Å². The van der Waals surface area contributed by atoms with E-state index in [9.17, 15) is 4.79 Å². The average molecular weight is 358 g/mol. The Balaban J connectivity index is 1.65. The van der Waals surface area contributed by atoms with E-state index in [0.717, 1.165) is 31.5 Å². The third kappa shape index (κ3) is 3.74. The fourth-order valence-electron chi connectivity index (χ4n) is 4.04. The molecule has 0 bridgehead atoms. The quantitative estimate of drug-likeness (QED) is 0.707. The van der Waals surface area contributed by atoms with Crippen LogP contribution in [0.2, 0.25) is 0 Å². The molecule has 138 valence electrons. The van der Waals surface area contributed by atoms with Gasteiger partial charge in [0.15, 0.2) is 0 Å². The molecule has 0 aliphatic carbocycles. The molecule has 3 nitrogen and oxygen atoms in total. The minimum Gasteiger partial charge on any atom is -0.341 e. The van der Waals surface area contributed by atoms with Gasteiger partial charge >= 0.3 is 0 Å². The molecule has 0 aromatic heterocycles. The van der Waals surface area contributed by atoms with E-state index in [0.29, 0.717) is 0 Å². The van der Waals surface area contributed by atoms with Gasteiger partial charge in [-0.15, -0.1) is 0 Å². The Morgan fingerprint density at radius 2 is 1.56 bits per heavy atom. The monoisotopic (exact) mass is 358 g/mol. The van der Waals surface area contributed by atoms with Gasteiger partial charge in [-0.2, -0.15) is 0 Å². The zero-order valence-electron chi connectivity index (χ0n) is 15.8. The van der Waals surface area contributed by atoms with Crippen molar-refractivity contribution >= 4 is 16.7 Å². The number of hydrogen-bond acceptors (Lipinski definition) is 2. The number of hydrogen-bond donors (Lipinski definition) is 1. The Bertz CT molecular complexity index is 911. The second-order valence-electron chi connectivity index (χ2n) is 7.33. The lowest BCUT2D eigenvalue weighted by Gasteiger charge is -2.28. The Hall–Kier alpha value is -2.65. The third-order valence-corrected chi connectivity index (χ3v) is 5.50. The van der Waals surface area contributed by atoms with Gasteiger partial charge in [-0.3, -0.25) is 10.1 Å². The zero-order chi connectivity index (χ0) is 18.6. The molecular weight excluding hydrogens is 332 g/mol. The van der Waals surface area contributed by atoms with E-state index in [-0.39, 0.29) is 18.0 Å². The highest BCUT2D eigenvalue weighted by Gasteiger charge is 2.29. The number of rotatable bonds is 5. The first-order chi connectivity index (χ1) is 13.2. The number of fused-ring (bicyclic) bond motifs is 1. The summed E-state index contributed by atoms with van der Waals surface area (Å²) in [7, 11) is 0. The van der Waals surface area contributed by atoms with Crippen molar-refractivity contribution in [3.8, 4) is 0 Å². The lowest BCUT2D eigenvalue weighted by atomic mass is 9.97. The average Bonchev–Trinajstić information content (AvgIpc) is 3.26. The van der Waals surface area contributed by atoms with Crippen LogP contribution in [-0.4, -0.2) is 23.9 Å². The number of nitrogens with zero attached hydrogens (tertiary/aromatic N) is 1. The molecule has 1 heterocycles. The first-order valence-corrected chi connectivity index (χ1v) is 9.81. The summed E-state index contributed by atoms with van der Waals surface area (Å²) in [6.45, 7) is 3.88. The highest BCUT2D eigenvalue weighted by atomic mass is 16.2. The molecule has 2 atom stereocenters. The minimum absolute atomic E-state index is 0.0628. The van der Waals surface area contributed by atoms with Gasteiger partial charge in [-0.05, 0) is 41.7 Å². The van der Waals surface area contributed by atoms with E-state index in [1.807, 2.05) is 35.2 Å². The summed E-state index contributed by atoms with van der Waals surface area (Å²) in [5.41, 5.74) is 2.25. The summed E-state index contributed by atoms with van der Waals surface area (Å²) in [5.74, 6) is 0.186. The van der Waals surface area contributed by atoms with Crippen molar-refractivity contribution in [3.05, 3.63) is 83.9 Å². The smallest absolute Gasteiger partial charge is 0.244 e. The summed E-state index contributed by atoms with van der Waals surface area (Å²) >= 11 is 0. The maximum Gasteiger partial charge on any atom is 0.244 e. The molecule has 1 aliphatic heterocycles. The van der Waals surface area contributed by atoms with Crippen LogP contribution in [0.1, 0.15) is 43.0 Å². The largest absolute Gasteiger partial charge is 0.341 e. The fourth-order valence-corrected chi connectivity index (χ4v) is 4.04. The van der Waals surface area contributed by atoms with E-state index in [1.165, 1.54) is 16.3 Å². The molecule has 3 aromatic carbocycles. The van der Waals surface area contributed by atoms with E-state index in [2.05, 4.69) is 54.7 Å². The van der Waals surface area contributed by atoms with Gasteiger partial charge in [0.2, 0.25) is 5.91 Å². The Morgan fingerprint density at radius 1 is 0.889 bits per heavy atom. The first-order valence-electron chi connectivity index (χ1n) is 9.81. The topological polar surface area (TPSA) is 32.3 Å². The van der Waals surface area contributed by atoms with Gasteiger partial charge in [0.05, 0.1) is 0 Å². The number of carbonyl (C=O) groups excluding carboxylic acids is 1. The van der Waals surface area contributed by atoms with Crippen LogP contribution >= 0.6 is 0 Å². The van der Waals surface area contributed by atoms with Crippen molar-refractivity contribution in [2.45, 2.75) is 31.8 Å². The summed E-state index contributed by atoms with van der Waals surface area (Å²) in [5, 5.41) is 6.09. The standard InChI is InChI=1S/C24H26N2O/c1-18(21-15-9-13-19-10-5-6-14-22(19)21)25-23(20-11-3-2-4-12-20)24(27)26-16-7-8-17-26/h2-6,9-15,18,23,25H,7-8,16-17H2,1H3. The van der Waals surface area contributed by atoms with Crippen molar-refractivity contribution in [3.63, 3.8) is 0 Å². The summed E-state index contributed by atoms with van der Waals surface area (Å²) in [6, 6.07) is 24.6. The second-order valence-corrected chi connectivity index (χ2v) is 7.33. The van der Waals surface area contributed by atoms with Crippen LogP contribution in [0, 0.1) is 0 Å². The lowest BCUT2D eigenvalue weighted by Crippen LogP contribution is -2.40. The van der Waals surface area contributed by atoms with Crippen molar-refractivity contribution in [2.24, 2.45) is 0 Å². The van der Waals surface area contributed by atoms with E-state index in [4.69, 9.17) is 0 Å². The second kappa shape index (κ2) is 7.93. The third-order valence-electron chi connectivity index (χ3n) is 5.50. The summed E-state index contributed by atoms with van der Waals surface area (Å²) < 4.78 is 0. The van der Waals surface area contributed by atoms with Gasteiger partial charge in [-0.1, -0.05) is 72.8 Å². The number of amides is 1. The molecule has 0 radical (unpaired) electrons. The molecule has 2 unspecified atom stereocenters. The molecule has 1 N–H and O–H groups in total. The van der Waals surface area contributed by atoms with Crippen LogP contribution in [0.4, 0.5) is 0 Å². The molecule has 1 amide bonds. The maximum absolute atomic E-state index is 13.2. The molecule has 1 saturated heterocycles. The van der Waals surface area contributed by atoms with Gasteiger partial charge in [0, 0.05) is 19.1 Å². The molecule has 0 saturated carbocycles. The molecule has 27 heavy (non-hydrogen) atoms. The van der Waals surface area contributed by atoms with Crippen molar-refractivity contribution in [2.75, 3.05) is 13.1 Å². The molecule has 0 spiro atoms. The predicted octanol–water partition coefficient (Wildman–Crippen LogP) is 4.85. The van der Waals surface area contributed by atoms with Crippen LogP contribution in [0.15, 0.2) is 72.8 Å². The van der Waals surface area contributed by atoms with Crippen LogP contribution in [0.3, 0.4) is 0 Å². The fraction of sp³-hybridized carbons (Fsp3) is 0.292.